The highest BCUT2D eigenvalue weighted by atomic mass is 32.2. The van der Waals surface area contributed by atoms with Crippen molar-refractivity contribution in [2.45, 2.75) is 39.0 Å². The second-order valence-corrected chi connectivity index (χ2v) is 9.74. The van der Waals surface area contributed by atoms with Gasteiger partial charge >= 0.3 is 0 Å². The number of hydrogen-bond acceptors (Lipinski definition) is 4. The zero-order valence-electron chi connectivity index (χ0n) is 18.9. The number of nitrogens with zero attached hydrogens (tertiary/aromatic N) is 1. The van der Waals surface area contributed by atoms with Crippen molar-refractivity contribution < 1.29 is 18.8 Å². The molecule has 0 aromatic heterocycles. The van der Waals surface area contributed by atoms with E-state index in [1.165, 1.54) is 19.1 Å². The summed E-state index contributed by atoms with van der Waals surface area (Å²) in [6.45, 7) is 9.04. The Balaban J connectivity index is 1.65. The maximum absolute atomic E-state index is 14.2. The minimum absolute atomic E-state index is 0.00903. The fraction of sp³-hybridized carbons (Fsp3) is 0.400. The number of carbonyl (C=O) groups is 3. The fourth-order valence-electron chi connectivity index (χ4n) is 4.07. The van der Waals surface area contributed by atoms with Crippen LogP contribution in [0, 0.1) is 24.6 Å². The Morgan fingerprint density at radius 2 is 1.72 bits per heavy atom. The van der Waals surface area contributed by atoms with E-state index in [4.69, 9.17) is 0 Å². The zero-order valence-corrected chi connectivity index (χ0v) is 19.7. The van der Waals surface area contributed by atoms with Crippen LogP contribution in [0.2, 0.25) is 0 Å². The van der Waals surface area contributed by atoms with Gasteiger partial charge in [0.2, 0.25) is 5.91 Å². The van der Waals surface area contributed by atoms with Crippen LogP contribution in [-0.4, -0.2) is 41.3 Å². The number of amides is 2. The third kappa shape index (κ3) is 5.97. The molecule has 32 heavy (non-hydrogen) atoms. The summed E-state index contributed by atoms with van der Waals surface area (Å²) in [5.41, 5.74) is 2.26. The number of likely N-dealkylation sites (tertiary alicyclic amines) is 1. The van der Waals surface area contributed by atoms with Crippen molar-refractivity contribution in [1.29, 1.82) is 0 Å². The molecule has 1 fully saturated rings. The topological polar surface area (TPSA) is 66.5 Å². The molecular formula is C25H29FN2O3S. The lowest BCUT2D eigenvalue weighted by Gasteiger charge is -2.35. The molecule has 2 amide bonds. The number of benzene rings is 2. The summed E-state index contributed by atoms with van der Waals surface area (Å²) in [7, 11) is 0. The van der Waals surface area contributed by atoms with Crippen LogP contribution in [0.5, 0.6) is 0 Å². The van der Waals surface area contributed by atoms with Gasteiger partial charge in [0, 0.05) is 34.8 Å². The Hall–Kier alpha value is -2.67. The molecule has 0 saturated carbocycles. The number of hydrogen-bond donors (Lipinski definition) is 1. The first-order chi connectivity index (χ1) is 15.1. The molecule has 0 radical (unpaired) electrons. The molecule has 2 unspecified atom stereocenters. The van der Waals surface area contributed by atoms with Gasteiger partial charge in [0.25, 0.3) is 5.91 Å². The van der Waals surface area contributed by atoms with E-state index >= 15 is 0 Å². The molecule has 1 saturated heterocycles. The molecule has 5 nitrogen and oxygen atoms in total. The van der Waals surface area contributed by atoms with E-state index in [0.717, 1.165) is 36.8 Å². The maximum atomic E-state index is 14.2. The SMILES string of the molecule is CC(=O)c1ccc(SCC(=O)Nc2cc(C(=O)N3CC(C)CC(C)C3)ccc2C)c(F)c1. The summed E-state index contributed by atoms with van der Waals surface area (Å²) in [6.07, 6.45) is 1.12. The van der Waals surface area contributed by atoms with Crippen LogP contribution in [0.3, 0.4) is 0 Å². The minimum Gasteiger partial charge on any atom is -0.338 e. The van der Waals surface area contributed by atoms with Crippen LogP contribution < -0.4 is 5.32 Å². The van der Waals surface area contributed by atoms with Crippen LogP contribution in [-0.2, 0) is 4.79 Å². The number of nitrogens with one attached hydrogen (secondary N) is 1. The molecule has 0 bridgehead atoms. The highest BCUT2D eigenvalue weighted by Gasteiger charge is 2.26. The summed E-state index contributed by atoms with van der Waals surface area (Å²) in [5.74, 6) is -0.113. The lowest BCUT2D eigenvalue weighted by atomic mass is 9.91. The number of thioether (sulfide) groups is 1. The van der Waals surface area contributed by atoms with Gasteiger partial charge in [0.1, 0.15) is 5.82 Å². The second kappa shape index (κ2) is 10.3. The standard InChI is InChI=1S/C25H29FN2O3S/c1-15-9-16(2)13-28(12-15)25(31)20-6-5-17(3)22(11-20)27-24(30)14-32-23-8-7-19(18(4)29)10-21(23)26/h5-8,10-11,15-16H,9,12-14H2,1-4H3,(H,27,30). The predicted molar refractivity (Wildman–Crippen MR) is 126 cm³/mol. The van der Waals surface area contributed by atoms with Crippen LogP contribution >= 0.6 is 11.8 Å². The molecule has 1 aliphatic rings. The molecule has 170 valence electrons. The smallest absolute Gasteiger partial charge is 0.253 e. The molecule has 0 aliphatic carbocycles. The van der Waals surface area contributed by atoms with Gasteiger partial charge in [-0.15, -0.1) is 11.8 Å². The van der Waals surface area contributed by atoms with Gasteiger partial charge in [-0.1, -0.05) is 26.0 Å². The van der Waals surface area contributed by atoms with E-state index in [1.54, 1.807) is 18.2 Å². The number of piperidine rings is 1. The molecule has 1 heterocycles. The van der Waals surface area contributed by atoms with Crippen molar-refractivity contribution in [3.05, 3.63) is 58.9 Å². The van der Waals surface area contributed by atoms with E-state index in [-0.39, 0.29) is 23.4 Å². The lowest BCUT2D eigenvalue weighted by molar-refractivity contribution is -0.113. The summed E-state index contributed by atoms with van der Waals surface area (Å²) in [5, 5.41) is 2.84. The minimum atomic E-state index is -0.524. The first-order valence-electron chi connectivity index (χ1n) is 10.8. The van der Waals surface area contributed by atoms with E-state index < -0.39 is 5.82 Å². The maximum Gasteiger partial charge on any atom is 0.253 e. The molecular weight excluding hydrogens is 427 g/mol. The lowest BCUT2D eigenvalue weighted by Crippen LogP contribution is -2.42. The van der Waals surface area contributed by atoms with Crippen molar-refractivity contribution in [2.75, 3.05) is 24.2 Å². The van der Waals surface area contributed by atoms with E-state index in [0.29, 0.717) is 33.5 Å². The third-order valence-electron chi connectivity index (χ3n) is 5.61. The first kappa shape index (κ1) is 24.0. The molecule has 7 heteroatoms. The van der Waals surface area contributed by atoms with Crippen LogP contribution in [0.4, 0.5) is 10.1 Å². The number of ketones is 1. The molecule has 0 spiro atoms. The van der Waals surface area contributed by atoms with Crippen LogP contribution in [0.25, 0.3) is 0 Å². The molecule has 3 rings (SSSR count). The number of anilines is 1. The Bertz CT molecular complexity index is 1030. The van der Waals surface area contributed by atoms with Gasteiger partial charge in [-0.3, -0.25) is 14.4 Å². The summed E-state index contributed by atoms with van der Waals surface area (Å²) in [6, 6.07) is 9.57. The van der Waals surface area contributed by atoms with Crippen LogP contribution in [0.1, 0.15) is 53.5 Å². The number of Topliss-reactive ketones (excluding diaryl/α,β-unsaturated/α-hetero) is 1. The molecule has 1 N–H and O–H groups in total. The third-order valence-corrected chi connectivity index (χ3v) is 6.66. The van der Waals surface area contributed by atoms with Gasteiger partial charge in [-0.2, -0.15) is 0 Å². The Labute approximate surface area is 192 Å². The van der Waals surface area contributed by atoms with Crippen molar-refractivity contribution in [2.24, 2.45) is 11.8 Å². The van der Waals surface area contributed by atoms with E-state index in [1.807, 2.05) is 17.9 Å². The largest absolute Gasteiger partial charge is 0.338 e. The van der Waals surface area contributed by atoms with E-state index in [2.05, 4.69) is 19.2 Å². The molecule has 2 atom stereocenters. The quantitative estimate of drug-likeness (QED) is 0.480. The van der Waals surface area contributed by atoms with Gasteiger partial charge < -0.3 is 10.2 Å². The van der Waals surface area contributed by atoms with Gasteiger partial charge in [0.15, 0.2) is 5.78 Å². The molecule has 1 aliphatic heterocycles. The number of carbonyl (C=O) groups excluding carboxylic acids is 3. The van der Waals surface area contributed by atoms with Crippen molar-refractivity contribution >= 4 is 35.0 Å². The molecule has 2 aromatic carbocycles. The fourth-order valence-corrected chi connectivity index (χ4v) is 4.79. The van der Waals surface area contributed by atoms with E-state index in [9.17, 15) is 18.8 Å². The van der Waals surface area contributed by atoms with Gasteiger partial charge in [-0.05, 0) is 61.9 Å². The summed E-state index contributed by atoms with van der Waals surface area (Å²) < 4.78 is 14.2. The predicted octanol–water partition coefficient (Wildman–Crippen LogP) is 5.19. The highest BCUT2D eigenvalue weighted by molar-refractivity contribution is 8.00. The number of halogens is 1. The second-order valence-electron chi connectivity index (χ2n) is 8.72. The Kier molecular flexibility index (Phi) is 7.72. The average Bonchev–Trinajstić information content (AvgIpc) is 2.73. The van der Waals surface area contributed by atoms with Crippen molar-refractivity contribution in [3.8, 4) is 0 Å². The average molecular weight is 457 g/mol. The molecule has 2 aromatic rings. The Morgan fingerprint density at radius 3 is 2.34 bits per heavy atom. The Morgan fingerprint density at radius 1 is 1.06 bits per heavy atom. The first-order valence-corrected chi connectivity index (χ1v) is 11.8. The highest BCUT2D eigenvalue weighted by Crippen LogP contribution is 2.26. The van der Waals surface area contributed by atoms with Crippen LogP contribution in [0.15, 0.2) is 41.3 Å². The monoisotopic (exact) mass is 456 g/mol. The summed E-state index contributed by atoms with van der Waals surface area (Å²) >= 11 is 1.06. The normalized spacial score (nSPS) is 18.3. The van der Waals surface area contributed by atoms with Crippen molar-refractivity contribution in [3.63, 3.8) is 0 Å². The van der Waals surface area contributed by atoms with Crippen molar-refractivity contribution in [1.82, 2.24) is 4.90 Å². The zero-order chi connectivity index (χ0) is 23.4. The van der Waals surface area contributed by atoms with Gasteiger partial charge in [-0.25, -0.2) is 4.39 Å². The number of rotatable bonds is 6. The number of aryl methyl sites for hydroxylation is 1. The van der Waals surface area contributed by atoms with Gasteiger partial charge in [0.05, 0.1) is 5.75 Å². The summed E-state index contributed by atoms with van der Waals surface area (Å²) in [4.78, 5) is 39.0.